The molecule has 0 aliphatic heterocycles. The Morgan fingerprint density at radius 3 is 2.38 bits per heavy atom. The summed E-state index contributed by atoms with van der Waals surface area (Å²) in [5.74, 6) is 2.92. The van der Waals surface area contributed by atoms with E-state index in [1.807, 2.05) is 32.0 Å². The van der Waals surface area contributed by atoms with Crippen molar-refractivity contribution in [3.05, 3.63) is 82.8 Å². The summed E-state index contributed by atoms with van der Waals surface area (Å²) in [5, 5.41) is 0. The van der Waals surface area contributed by atoms with Crippen molar-refractivity contribution in [2.24, 2.45) is 0 Å². The van der Waals surface area contributed by atoms with Crippen LogP contribution in [0.1, 0.15) is 33.0 Å². The lowest BCUT2D eigenvalue weighted by molar-refractivity contribution is 0.104. The zero-order valence-corrected chi connectivity index (χ0v) is 17.0. The van der Waals surface area contributed by atoms with Crippen molar-refractivity contribution < 1.29 is 23.4 Å². The van der Waals surface area contributed by atoms with Crippen LogP contribution in [0.2, 0.25) is 0 Å². The second kappa shape index (κ2) is 9.15. The zero-order valence-electron chi connectivity index (χ0n) is 17.0. The lowest BCUT2D eigenvalue weighted by atomic mass is 10.1. The number of ketones is 1. The fourth-order valence-corrected chi connectivity index (χ4v) is 2.99. The second-order valence-electron chi connectivity index (χ2n) is 6.68. The largest absolute Gasteiger partial charge is 0.497 e. The monoisotopic (exact) mass is 392 g/mol. The van der Waals surface area contributed by atoms with Crippen LogP contribution in [-0.4, -0.2) is 20.0 Å². The predicted molar refractivity (Wildman–Crippen MR) is 112 cm³/mol. The first kappa shape index (κ1) is 20.3. The predicted octanol–water partition coefficient (Wildman–Crippen LogP) is 5.39. The molecule has 0 unspecified atom stereocenters. The minimum atomic E-state index is -0.204. The molecule has 0 N–H and O–H groups in total. The standard InChI is InChI=1S/C24H24O5/c1-16-11-17(2)13-21(12-16)28-15-20-6-5-18(29-20)7-9-23(25)22-14-19(26-3)8-10-24(22)27-4/h5-14H,15H2,1-4H3/b9-7+. The van der Waals surface area contributed by atoms with E-state index in [0.717, 1.165) is 16.9 Å². The molecular weight excluding hydrogens is 368 g/mol. The minimum absolute atomic E-state index is 0.204. The molecule has 29 heavy (non-hydrogen) atoms. The number of benzene rings is 2. The van der Waals surface area contributed by atoms with E-state index in [9.17, 15) is 4.79 Å². The van der Waals surface area contributed by atoms with E-state index in [1.165, 1.54) is 13.2 Å². The summed E-state index contributed by atoms with van der Waals surface area (Å²) in [6.45, 7) is 4.38. The summed E-state index contributed by atoms with van der Waals surface area (Å²) in [7, 11) is 3.08. The summed E-state index contributed by atoms with van der Waals surface area (Å²) >= 11 is 0. The van der Waals surface area contributed by atoms with Gasteiger partial charge >= 0.3 is 0 Å². The van der Waals surface area contributed by atoms with Gasteiger partial charge in [-0.3, -0.25) is 4.79 Å². The maximum Gasteiger partial charge on any atom is 0.189 e. The molecule has 0 amide bonds. The second-order valence-corrected chi connectivity index (χ2v) is 6.68. The molecular formula is C24H24O5. The molecule has 1 aromatic heterocycles. The number of hydrogen-bond donors (Lipinski definition) is 0. The highest BCUT2D eigenvalue weighted by atomic mass is 16.5. The topological polar surface area (TPSA) is 57.9 Å². The van der Waals surface area contributed by atoms with E-state index in [1.54, 1.807) is 37.5 Å². The van der Waals surface area contributed by atoms with Crippen LogP contribution in [0, 0.1) is 13.8 Å². The molecule has 3 rings (SSSR count). The van der Waals surface area contributed by atoms with E-state index < -0.39 is 0 Å². The van der Waals surface area contributed by atoms with Gasteiger partial charge in [-0.2, -0.15) is 0 Å². The summed E-state index contributed by atoms with van der Waals surface area (Å²) in [4.78, 5) is 12.6. The van der Waals surface area contributed by atoms with Crippen molar-refractivity contribution in [1.29, 1.82) is 0 Å². The Hall–Kier alpha value is -3.47. The lowest BCUT2D eigenvalue weighted by Crippen LogP contribution is -1.99. The third-order valence-electron chi connectivity index (χ3n) is 4.33. The number of ether oxygens (including phenoxy) is 3. The number of methoxy groups -OCH3 is 2. The molecule has 5 nitrogen and oxygen atoms in total. The number of carbonyl (C=O) groups is 1. The van der Waals surface area contributed by atoms with Gasteiger partial charge in [-0.15, -0.1) is 0 Å². The highest BCUT2D eigenvalue weighted by molar-refractivity contribution is 6.08. The third-order valence-corrected chi connectivity index (χ3v) is 4.33. The Bertz CT molecular complexity index is 1010. The van der Waals surface area contributed by atoms with Crippen LogP contribution in [0.25, 0.3) is 6.08 Å². The first-order chi connectivity index (χ1) is 14.0. The molecule has 0 bridgehead atoms. The van der Waals surface area contributed by atoms with Crippen molar-refractivity contribution in [3.8, 4) is 17.2 Å². The molecule has 5 heteroatoms. The third kappa shape index (κ3) is 5.29. The van der Waals surface area contributed by atoms with Gasteiger partial charge in [-0.25, -0.2) is 0 Å². The average molecular weight is 392 g/mol. The SMILES string of the molecule is COc1ccc(OC)c(C(=O)/C=C/c2ccc(COc3cc(C)cc(C)c3)o2)c1. The highest BCUT2D eigenvalue weighted by Gasteiger charge is 2.11. The summed E-state index contributed by atoms with van der Waals surface area (Å²) < 4.78 is 22.0. The normalized spacial score (nSPS) is 10.9. The molecule has 150 valence electrons. The highest BCUT2D eigenvalue weighted by Crippen LogP contribution is 2.25. The van der Waals surface area contributed by atoms with Crippen LogP contribution in [0.15, 0.2) is 59.0 Å². The van der Waals surface area contributed by atoms with Crippen LogP contribution in [-0.2, 0) is 6.61 Å². The zero-order chi connectivity index (χ0) is 20.8. The molecule has 1 heterocycles. The van der Waals surface area contributed by atoms with Crippen LogP contribution in [0.5, 0.6) is 17.2 Å². The van der Waals surface area contributed by atoms with Crippen molar-refractivity contribution in [1.82, 2.24) is 0 Å². The van der Waals surface area contributed by atoms with E-state index in [0.29, 0.717) is 35.2 Å². The molecule has 0 atom stereocenters. The molecule has 3 aromatic rings. The molecule has 0 aliphatic rings. The Labute approximate surface area is 170 Å². The molecule has 0 fully saturated rings. The number of rotatable bonds is 8. The summed E-state index contributed by atoms with van der Waals surface area (Å²) in [6, 6.07) is 14.8. The molecule has 0 saturated carbocycles. The van der Waals surface area contributed by atoms with Gasteiger partial charge in [0, 0.05) is 0 Å². The van der Waals surface area contributed by atoms with Gasteiger partial charge < -0.3 is 18.6 Å². The average Bonchev–Trinajstić information content (AvgIpc) is 3.17. The fourth-order valence-electron chi connectivity index (χ4n) is 2.99. The first-order valence-corrected chi connectivity index (χ1v) is 9.22. The maximum absolute atomic E-state index is 12.6. The van der Waals surface area contributed by atoms with E-state index >= 15 is 0 Å². The number of furan rings is 1. The Balaban J connectivity index is 1.66. The fraction of sp³-hybridized carbons (Fsp3) is 0.208. The Morgan fingerprint density at radius 2 is 1.69 bits per heavy atom. The quantitative estimate of drug-likeness (QED) is 0.380. The maximum atomic E-state index is 12.6. The van der Waals surface area contributed by atoms with E-state index in [-0.39, 0.29) is 5.78 Å². The van der Waals surface area contributed by atoms with Gasteiger partial charge in [-0.1, -0.05) is 6.07 Å². The van der Waals surface area contributed by atoms with Crippen LogP contribution < -0.4 is 14.2 Å². The Morgan fingerprint density at radius 1 is 0.931 bits per heavy atom. The van der Waals surface area contributed by atoms with Crippen LogP contribution in [0.3, 0.4) is 0 Å². The molecule has 0 radical (unpaired) electrons. The van der Waals surface area contributed by atoms with Gasteiger partial charge in [0.2, 0.25) is 0 Å². The van der Waals surface area contributed by atoms with Crippen molar-refractivity contribution in [3.63, 3.8) is 0 Å². The first-order valence-electron chi connectivity index (χ1n) is 9.22. The van der Waals surface area contributed by atoms with E-state index in [2.05, 4.69) is 6.07 Å². The molecule has 0 saturated heterocycles. The molecule has 0 spiro atoms. The number of allylic oxidation sites excluding steroid dienone is 1. The smallest absolute Gasteiger partial charge is 0.189 e. The van der Waals surface area contributed by atoms with Crippen molar-refractivity contribution >= 4 is 11.9 Å². The number of aryl methyl sites for hydroxylation is 2. The van der Waals surface area contributed by atoms with Crippen LogP contribution >= 0.6 is 0 Å². The number of carbonyl (C=O) groups excluding carboxylic acids is 1. The van der Waals surface area contributed by atoms with Gasteiger partial charge in [0.1, 0.15) is 35.4 Å². The van der Waals surface area contributed by atoms with Gasteiger partial charge in [0.05, 0.1) is 19.8 Å². The Kier molecular flexibility index (Phi) is 6.39. The van der Waals surface area contributed by atoms with Crippen molar-refractivity contribution in [2.45, 2.75) is 20.5 Å². The minimum Gasteiger partial charge on any atom is -0.497 e. The van der Waals surface area contributed by atoms with Gasteiger partial charge in [0.25, 0.3) is 0 Å². The van der Waals surface area contributed by atoms with Crippen LogP contribution in [0.4, 0.5) is 0 Å². The lowest BCUT2D eigenvalue weighted by Gasteiger charge is -2.07. The summed E-state index contributed by atoms with van der Waals surface area (Å²) in [5.41, 5.74) is 2.72. The molecule has 2 aromatic carbocycles. The number of hydrogen-bond acceptors (Lipinski definition) is 5. The van der Waals surface area contributed by atoms with E-state index in [4.69, 9.17) is 18.6 Å². The van der Waals surface area contributed by atoms with Gasteiger partial charge in [0.15, 0.2) is 5.78 Å². The summed E-state index contributed by atoms with van der Waals surface area (Å²) in [6.07, 6.45) is 3.08. The van der Waals surface area contributed by atoms with Gasteiger partial charge in [-0.05, 0) is 79.6 Å². The van der Waals surface area contributed by atoms with Crippen molar-refractivity contribution in [2.75, 3.05) is 14.2 Å². The molecule has 0 aliphatic carbocycles.